The highest BCUT2D eigenvalue weighted by Crippen LogP contribution is 2.61. The van der Waals surface area contributed by atoms with Crippen LogP contribution >= 0.6 is 0 Å². The zero-order valence-electron chi connectivity index (χ0n) is 17.3. The van der Waals surface area contributed by atoms with Crippen molar-refractivity contribution >= 4 is 11.8 Å². The van der Waals surface area contributed by atoms with Crippen molar-refractivity contribution < 1.29 is 14.7 Å². The molecule has 0 spiro atoms. The summed E-state index contributed by atoms with van der Waals surface area (Å²) in [6.45, 7) is 7.71. The second kappa shape index (κ2) is 6.58. The first kappa shape index (κ1) is 19.4. The van der Waals surface area contributed by atoms with Crippen molar-refractivity contribution in [2.24, 2.45) is 22.7 Å². The Morgan fingerprint density at radius 2 is 1.82 bits per heavy atom. The summed E-state index contributed by atoms with van der Waals surface area (Å²) in [5.41, 5.74) is 2.50. The van der Waals surface area contributed by atoms with Gasteiger partial charge < -0.3 is 15.7 Å². The summed E-state index contributed by atoms with van der Waals surface area (Å²) < 4.78 is 0. The SMILES string of the molecule is CC(=O)NC1CC2CC(O)C=C[C@]2(C)[C@@H]2CC[C@@]3(C)C(=C12)C=CC3NC(C)=O. The summed E-state index contributed by atoms with van der Waals surface area (Å²) in [6, 6.07) is -0.00435. The molecule has 7 atom stereocenters. The molecule has 0 aliphatic heterocycles. The van der Waals surface area contributed by atoms with Gasteiger partial charge in [-0.25, -0.2) is 0 Å². The first-order chi connectivity index (χ1) is 13.1. The van der Waals surface area contributed by atoms with Crippen molar-refractivity contribution in [1.82, 2.24) is 10.6 Å². The Morgan fingerprint density at radius 1 is 1.11 bits per heavy atom. The molecule has 1 fully saturated rings. The molecule has 0 aromatic rings. The van der Waals surface area contributed by atoms with Gasteiger partial charge in [-0.15, -0.1) is 0 Å². The van der Waals surface area contributed by atoms with Crippen molar-refractivity contribution in [2.75, 3.05) is 0 Å². The van der Waals surface area contributed by atoms with E-state index < -0.39 is 6.10 Å². The Kier molecular flexibility index (Phi) is 4.57. The fourth-order valence-electron chi connectivity index (χ4n) is 6.39. The van der Waals surface area contributed by atoms with Gasteiger partial charge in [0.2, 0.25) is 11.8 Å². The number of aliphatic hydroxyl groups is 1. The Labute approximate surface area is 167 Å². The molecule has 1 saturated carbocycles. The number of aliphatic hydroxyl groups excluding tert-OH is 1. The molecule has 3 N–H and O–H groups in total. The average Bonchev–Trinajstić information content (AvgIpc) is 2.92. The Bertz CT molecular complexity index is 798. The number of carbonyl (C=O) groups excluding carboxylic acids is 2. The van der Waals surface area contributed by atoms with Gasteiger partial charge in [-0.1, -0.05) is 38.2 Å². The van der Waals surface area contributed by atoms with E-state index in [2.05, 4.69) is 42.7 Å². The molecular weight excluding hydrogens is 352 g/mol. The fourth-order valence-corrected chi connectivity index (χ4v) is 6.39. The standard InChI is InChI=1S/C23H32N2O3/c1-13(26)24-19-12-15-11-16(28)7-9-22(15,3)18-8-10-23(4)17(21(18)19)5-6-20(23)25-14(2)27/h5-7,9,15-16,18-20,28H,8,10-12H2,1-4H3,(H,24,26)(H,25,27)/t15?,16?,18-,19?,20?,22+,23+/m1/s1. The number of fused-ring (bicyclic) bond motifs is 4. The van der Waals surface area contributed by atoms with Gasteiger partial charge in [-0.2, -0.15) is 0 Å². The molecule has 152 valence electrons. The smallest absolute Gasteiger partial charge is 0.217 e. The summed E-state index contributed by atoms with van der Waals surface area (Å²) in [6.07, 6.45) is 11.7. The maximum atomic E-state index is 12.0. The Balaban J connectivity index is 1.81. The number of carbonyl (C=O) groups is 2. The average molecular weight is 385 g/mol. The van der Waals surface area contributed by atoms with Crippen LogP contribution in [0.2, 0.25) is 0 Å². The third kappa shape index (κ3) is 2.86. The van der Waals surface area contributed by atoms with Crippen LogP contribution in [0.5, 0.6) is 0 Å². The highest BCUT2D eigenvalue weighted by molar-refractivity contribution is 5.75. The maximum Gasteiger partial charge on any atom is 0.217 e. The van der Waals surface area contributed by atoms with Crippen molar-refractivity contribution in [3.05, 3.63) is 35.5 Å². The minimum absolute atomic E-state index is 0.000628. The quantitative estimate of drug-likeness (QED) is 0.641. The number of hydrogen-bond acceptors (Lipinski definition) is 3. The zero-order valence-corrected chi connectivity index (χ0v) is 17.3. The van der Waals surface area contributed by atoms with Gasteiger partial charge in [0.15, 0.2) is 0 Å². The number of hydrogen-bond donors (Lipinski definition) is 3. The second-order valence-electron chi connectivity index (χ2n) is 9.63. The van der Waals surface area contributed by atoms with E-state index in [4.69, 9.17) is 0 Å². The molecule has 0 aromatic carbocycles. The molecule has 0 aromatic heterocycles. The topological polar surface area (TPSA) is 78.4 Å². The molecule has 5 nitrogen and oxygen atoms in total. The zero-order chi connectivity index (χ0) is 20.3. The van der Waals surface area contributed by atoms with E-state index in [1.54, 1.807) is 13.8 Å². The molecule has 2 amide bonds. The van der Waals surface area contributed by atoms with Crippen LogP contribution in [0.25, 0.3) is 0 Å². The van der Waals surface area contributed by atoms with E-state index in [9.17, 15) is 14.7 Å². The van der Waals surface area contributed by atoms with Gasteiger partial charge >= 0.3 is 0 Å². The lowest BCUT2D eigenvalue weighted by Crippen LogP contribution is -2.55. The molecule has 4 rings (SSSR count). The van der Waals surface area contributed by atoms with Gasteiger partial charge in [0.05, 0.1) is 18.2 Å². The van der Waals surface area contributed by atoms with E-state index in [1.807, 2.05) is 6.08 Å². The molecule has 0 heterocycles. The summed E-state index contributed by atoms with van der Waals surface area (Å²) in [4.78, 5) is 23.7. The molecular formula is C23H32N2O3. The predicted octanol–water partition coefficient (Wildman–Crippen LogP) is 2.63. The highest BCUT2D eigenvalue weighted by atomic mass is 16.3. The lowest BCUT2D eigenvalue weighted by Gasteiger charge is -2.56. The van der Waals surface area contributed by atoms with Crippen LogP contribution in [0.3, 0.4) is 0 Å². The summed E-state index contributed by atoms with van der Waals surface area (Å²) in [5.74, 6) is 0.665. The van der Waals surface area contributed by atoms with Crippen LogP contribution < -0.4 is 10.6 Å². The largest absolute Gasteiger partial charge is 0.389 e. The first-order valence-electron chi connectivity index (χ1n) is 10.5. The first-order valence-corrected chi connectivity index (χ1v) is 10.5. The van der Waals surface area contributed by atoms with Crippen LogP contribution in [0.15, 0.2) is 35.5 Å². The van der Waals surface area contributed by atoms with Gasteiger partial charge in [-0.05, 0) is 54.1 Å². The van der Waals surface area contributed by atoms with Gasteiger partial charge in [0.1, 0.15) is 0 Å². The highest BCUT2D eigenvalue weighted by Gasteiger charge is 2.55. The number of rotatable bonds is 2. The second-order valence-corrected chi connectivity index (χ2v) is 9.63. The number of allylic oxidation sites excluding steroid dienone is 2. The van der Waals surface area contributed by atoms with E-state index in [0.29, 0.717) is 11.8 Å². The predicted molar refractivity (Wildman–Crippen MR) is 108 cm³/mol. The molecule has 0 saturated heterocycles. The van der Waals surface area contributed by atoms with Crippen molar-refractivity contribution in [2.45, 2.75) is 71.6 Å². The number of amides is 2. The summed E-state index contributed by atoms with van der Waals surface area (Å²) in [7, 11) is 0. The van der Waals surface area contributed by atoms with Crippen molar-refractivity contribution in [3.8, 4) is 0 Å². The molecule has 4 aliphatic rings. The molecule has 5 heteroatoms. The van der Waals surface area contributed by atoms with Crippen LogP contribution in [0.4, 0.5) is 0 Å². The number of nitrogens with one attached hydrogen (secondary N) is 2. The van der Waals surface area contributed by atoms with Gasteiger partial charge in [0, 0.05) is 19.3 Å². The minimum Gasteiger partial charge on any atom is -0.389 e. The van der Waals surface area contributed by atoms with Gasteiger partial charge in [0.25, 0.3) is 0 Å². The monoisotopic (exact) mass is 384 g/mol. The molecule has 28 heavy (non-hydrogen) atoms. The summed E-state index contributed by atoms with van der Waals surface area (Å²) in [5, 5.41) is 16.5. The van der Waals surface area contributed by atoms with Gasteiger partial charge in [-0.3, -0.25) is 9.59 Å². The summed E-state index contributed by atoms with van der Waals surface area (Å²) >= 11 is 0. The molecule has 4 unspecified atom stereocenters. The van der Waals surface area contributed by atoms with Crippen LogP contribution in [-0.4, -0.2) is 35.1 Å². The lowest BCUT2D eigenvalue weighted by atomic mass is 9.50. The molecule has 0 bridgehead atoms. The van der Waals surface area contributed by atoms with Crippen molar-refractivity contribution in [3.63, 3.8) is 0 Å². The Hall–Kier alpha value is -1.88. The van der Waals surface area contributed by atoms with Crippen LogP contribution in [0.1, 0.15) is 53.4 Å². The molecule has 4 aliphatic carbocycles. The van der Waals surface area contributed by atoms with Crippen LogP contribution in [-0.2, 0) is 9.59 Å². The molecule has 0 radical (unpaired) electrons. The van der Waals surface area contributed by atoms with E-state index in [-0.39, 0.29) is 34.7 Å². The maximum absolute atomic E-state index is 12.0. The van der Waals surface area contributed by atoms with E-state index in [0.717, 1.165) is 25.7 Å². The van der Waals surface area contributed by atoms with Crippen molar-refractivity contribution in [1.29, 1.82) is 0 Å². The normalized spacial score (nSPS) is 43.8. The Morgan fingerprint density at radius 3 is 2.50 bits per heavy atom. The fraction of sp³-hybridized carbons (Fsp3) is 0.652. The van der Waals surface area contributed by atoms with E-state index >= 15 is 0 Å². The minimum atomic E-state index is -0.394. The lowest BCUT2D eigenvalue weighted by molar-refractivity contribution is -0.120. The van der Waals surface area contributed by atoms with Crippen LogP contribution in [0, 0.1) is 22.7 Å². The van der Waals surface area contributed by atoms with E-state index in [1.165, 1.54) is 11.1 Å². The third-order valence-corrected chi connectivity index (χ3v) is 7.86. The third-order valence-electron chi connectivity index (χ3n) is 7.86.